The zero-order valence-corrected chi connectivity index (χ0v) is 17.1. The van der Waals surface area contributed by atoms with E-state index in [4.69, 9.17) is 4.98 Å². The maximum absolute atomic E-state index is 13.2. The Morgan fingerprint density at radius 3 is 2.33 bits per heavy atom. The topological polar surface area (TPSA) is 78.0 Å². The van der Waals surface area contributed by atoms with E-state index in [2.05, 4.69) is 0 Å². The second-order valence-electron chi connectivity index (χ2n) is 7.00. The van der Waals surface area contributed by atoms with Crippen molar-refractivity contribution in [3.05, 3.63) is 110 Å². The van der Waals surface area contributed by atoms with Gasteiger partial charge in [-0.3, -0.25) is 19.5 Å². The first kappa shape index (κ1) is 19.8. The molecule has 0 bridgehead atoms. The van der Waals surface area contributed by atoms with Crippen LogP contribution < -0.4 is 5.56 Å². The van der Waals surface area contributed by atoms with Crippen molar-refractivity contribution in [1.29, 1.82) is 0 Å². The Morgan fingerprint density at radius 1 is 0.967 bits per heavy atom. The van der Waals surface area contributed by atoms with E-state index in [1.807, 2.05) is 49.4 Å². The number of aromatic nitrogens is 2. The summed E-state index contributed by atoms with van der Waals surface area (Å²) in [5.74, 6) is 0.552. The highest BCUT2D eigenvalue weighted by molar-refractivity contribution is 7.98. The van der Waals surface area contributed by atoms with Gasteiger partial charge in [-0.1, -0.05) is 65.9 Å². The molecular formula is C23H19N3O3S. The fourth-order valence-electron chi connectivity index (χ4n) is 3.14. The molecule has 0 radical (unpaired) electrons. The summed E-state index contributed by atoms with van der Waals surface area (Å²) in [7, 11) is 0. The predicted octanol–water partition coefficient (Wildman–Crippen LogP) is 4.95. The van der Waals surface area contributed by atoms with Crippen LogP contribution in [0.25, 0.3) is 10.9 Å². The fourth-order valence-corrected chi connectivity index (χ4v) is 4.09. The van der Waals surface area contributed by atoms with Crippen molar-refractivity contribution in [3.63, 3.8) is 0 Å². The zero-order valence-electron chi connectivity index (χ0n) is 16.3. The number of aryl methyl sites for hydroxylation is 1. The second-order valence-corrected chi connectivity index (χ2v) is 7.94. The van der Waals surface area contributed by atoms with Gasteiger partial charge in [-0.15, -0.1) is 0 Å². The molecule has 0 aliphatic carbocycles. The van der Waals surface area contributed by atoms with Gasteiger partial charge in [0.1, 0.15) is 0 Å². The number of benzene rings is 3. The third-order valence-electron chi connectivity index (χ3n) is 4.80. The minimum absolute atomic E-state index is 0.0591. The molecule has 3 aromatic carbocycles. The lowest BCUT2D eigenvalue weighted by atomic mass is 10.1. The van der Waals surface area contributed by atoms with Crippen molar-refractivity contribution in [2.45, 2.75) is 24.4 Å². The lowest BCUT2D eigenvalue weighted by Crippen LogP contribution is -2.24. The number of non-ortho nitro benzene ring substituents is 1. The molecule has 0 spiro atoms. The van der Waals surface area contributed by atoms with Crippen LogP contribution in [0.4, 0.5) is 5.69 Å². The summed E-state index contributed by atoms with van der Waals surface area (Å²) in [6.45, 7) is 2.46. The van der Waals surface area contributed by atoms with Crippen LogP contribution in [0.1, 0.15) is 16.7 Å². The molecule has 0 saturated carbocycles. The van der Waals surface area contributed by atoms with Gasteiger partial charge in [0.15, 0.2) is 5.16 Å². The predicted molar refractivity (Wildman–Crippen MR) is 119 cm³/mol. The van der Waals surface area contributed by atoms with Crippen LogP contribution in [0.2, 0.25) is 0 Å². The summed E-state index contributed by atoms with van der Waals surface area (Å²) in [4.78, 5) is 28.3. The molecule has 6 nitrogen and oxygen atoms in total. The minimum atomic E-state index is -0.416. The smallest absolute Gasteiger partial charge is 0.269 e. The molecule has 7 heteroatoms. The number of hydrogen-bond acceptors (Lipinski definition) is 5. The molecule has 0 atom stereocenters. The summed E-state index contributed by atoms with van der Waals surface area (Å²) in [5, 5.41) is 12.1. The van der Waals surface area contributed by atoms with E-state index in [-0.39, 0.29) is 11.2 Å². The van der Waals surface area contributed by atoms with Crippen molar-refractivity contribution in [1.82, 2.24) is 9.55 Å². The van der Waals surface area contributed by atoms with Crippen molar-refractivity contribution in [2.75, 3.05) is 0 Å². The Labute approximate surface area is 177 Å². The molecule has 0 N–H and O–H groups in total. The molecule has 0 unspecified atom stereocenters. The zero-order chi connectivity index (χ0) is 21.1. The third kappa shape index (κ3) is 4.26. The maximum Gasteiger partial charge on any atom is 0.269 e. The number of nitro benzene ring substituents is 1. The van der Waals surface area contributed by atoms with E-state index in [0.29, 0.717) is 28.4 Å². The van der Waals surface area contributed by atoms with Gasteiger partial charge < -0.3 is 0 Å². The minimum Gasteiger partial charge on any atom is -0.283 e. The summed E-state index contributed by atoms with van der Waals surface area (Å²) in [6.07, 6.45) is 0. The molecule has 30 heavy (non-hydrogen) atoms. The molecule has 0 aliphatic rings. The standard InChI is InChI=1S/C23H19N3O3S/c1-16-6-8-17(9-7-16)14-25-22(27)20-4-2-3-5-21(20)24-23(25)30-15-18-10-12-19(13-11-18)26(28)29/h2-13H,14-15H2,1H3. The van der Waals surface area contributed by atoms with E-state index < -0.39 is 4.92 Å². The number of nitro groups is 1. The van der Waals surface area contributed by atoms with Gasteiger partial charge in [-0.05, 0) is 30.2 Å². The Bertz CT molecular complexity index is 1270. The SMILES string of the molecule is Cc1ccc(Cn2c(SCc3ccc([N+](=O)[O-])cc3)nc3ccccc3c2=O)cc1. The summed E-state index contributed by atoms with van der Waals surface area (Å²) < 4.78 is 1.70. The van der Waals surface area contributed by atoms with Crippen LogP contribution >= 0.6 is 11.8 Å². The average Bonchev–Trinajstić information content (AvgIpc) is 2.76. The number of rotatable bonds is 6. The molecule has 0 amide bonds. The van der Waals surface area contributed by atoms with Crippen LogP contribution in [0.3, 0.4) is 0 Å². The second kappa shape index (κ2) is 8.51. The fraction of sp³-hybridized carbons (Fsp3) is 0.130. The summed E-state index contributed by atoms with van der Waals surface area (Å²) >= 11 is 1.45. The highest BCUT2D eigenvalue weighted by Crippen LogP contribution is 2.24. The van der Waals surface area contributed by atoms with Crippen molar-refractivity contribution in [3.8, 4) is 0 Å². The van der Waals surface area contributed by atoms with E-state index in [1.165, 1.54) is 23.9 Å². The molecular weight excluding hydrogens is 398 g/mol. The van der Waals surface area contributed by atoms with Crippen molar-refractivity contribution < 1.29 is 4.92 Å². The Kier molecular flexibility index (Phi) is 5.63. The third-order valence-corrected chi connectivity index (χ3v) is 5.85. The lowest BCUT2D eigenvalue weighted by molar-refractivity contribution is -0.384. The Balaban J connectivity index is 1.68. The summed E-state index contributed by atoms with van der Waals surface area (Å²) in [5.41, 5.74) is 3.76. The van der Waals surface area contributed by atoms with Crippen LogP contribution in [-0.2, 0) is 12.3 Å². The first-order valence-electron chi connectivity index (χ1n) is 9.42. The normalized spacial score (nSPS) is 11.0. The largest absolute Gasteiger partial charge is 0.283 e. The van der Waals surface area contributed by atoms with Gasteiger partial charge in [0.2, 0.25) is 0 Å². The van der Waals surface area contributed by atoms with Gasteiger partial charge in [0.25, 0.3) is 11.2 Å². The highest BCUT2D eigenvalue weighted by Gasteiger charge is 2.13. The van der Waals surface area contributed by atoms with E-state index in [9.17, 15) is 14.9 Å². The van der Waals surface area contributed by atoms with Crippen LogP contribution in [-0.4, -0.2) is 14.5 Å². The number of fused-ring (bicyclic) bond motifs is 1. The monoisotopic (exact) mass is 417 g/mol. The average molecular weight is 417 g/mol. The van der Waals surface area contributed by atoms with E-state index in [1.54, 1.807) is 22.8 Å². The maximum atomic E-state index is 13.2. The quantitative estimate of drug-likeness (QED) is 0.192. The first-order valence-corrected chi connectivity index (χ1v) is 10.4. The Hall–Kier alpha value is -3.45. The molecule has 1 heterocycles. The van der Waals surface area contributed by atoms with Crippen molar-refractivity contribution >= 4 is 28.4 Å². The molecule has 0 aliphatic heterocycles. The number of thioether (sulfide) groups is 1. The first-order chi connectivity index (χ1) is 14.5. The number of nitrogens with zero attached hydrogens (tertiary/aromatic N) is 3. The molecule has 4 rings (SSSR count). The van der Waals surface area contributed by atoms with E-state index in [0.717, 1.165) is 16.7 Å². The van der Waals surface area contributed by atoms with Gasteiger partial charge in [-0.2, -0.15) is 0 Å². The Morgan fingerprint density at radius 2 is 1.63 bits per heavy atom. The highest BCUT2D eigenvalue weighted by atomic mass is 32.2. The van der Waals surface area contributed by atoms with E-state index >= 15 is 0 Å². The molecule has 0 saturated heterocycles. The van der Waals surface area contributed by atoms with Gasteiger partial charge in [-0.25, -0.2) is 4.98 Å². The number of hydrogen-bond donors (Lipinski definition) is 0. The van der Waals surface area contributed by atoms with Crippen LogP contribution in [0, 0.1) is 17.0 Å². The molecule has 0 fully saturated rings. The number of para-hydroxylation sites is 1. The van der Waals surface area contributed by atoms with Gasteiger partial charge in [0.05, 0.1) is 22.4 Å². The summed E-state index contributed by atoms with van der Waals surface area (Å²) in [6, 6.07) is 21.9. The van der Waals surface area contributed by atoms with Gasteiger partial charge >= 0.3 is 0 Å². The van der Waals surface area contributed by atoms with Gasteiger partial charge in [0, 0.05) is 17.9 Å². The van der Waals surface area contributed by atoms with Crippen LogP contribution in [0.5, 0.6) is 0 Å². The lowest BCUT2D eigenvalue weighted by Gasteiger charge is -2.13. The van der Waals surface area contributed by atoms with Crippen LogP contribution in [0.15, 0.2) is 82.7 Å². The molecule has 4 aromatic rings. The van der Waals surface area contributed by atoms with Crippen molar-refractivity contribution in [2.24, 2.45) is 0 Å². The molecule has 1 aromatic heterocycles. The molecule has 150 valence electrons.